The molecular formula is C11H8Cl2N2O2S2. The lowest BCUT2D eigenvalue weighted by Gasteiger charge is -1.99. The number of aliphatic carboxylic acids is 1. The fraction of sp³-hybridized carbons (Fsp3) is 0.182. The maximum Gasteiger partial charge on any atom is 0.308 e. The Morgan fingerprint density at radius 1 is 1.53 bits per heavy atom. The summed E-state index contributed by atoms with van der Waals surface area (Å²) in [5, 5.41) is 10.3. The molecule has 0 atom stereocenters. The Hall–Kier alpha value is -0.820. The van der Waals surface area contributed by atoms with Crippen molar-refractivity contribution in [3.05, 3.63) is 32.9 Å². The number of carbonyl (C=O) groups is 1. The number of halogens is 2. The van der Waals surface area contributed by atoms with Gasteiger partial charge in [-0.3, -0.25) is 4.79 Å². The van der Waals surface area contributed by atoms with Crippen LogP contribution in [-0.4, -0.2) is 21.0 Å². The van der Waals surface area contributed by atoms with E-state index in [-0.39, 0.29) is 6.42 Å². The first kappa shape index (κ1) is 14.6. The highest BCUT2D eigenvalue weighted by molar-refractivity contribution is 8.01. The average molecular weight is 335 g/mol. The number of carboxylic acids is 1. The number of pyridine rings is 1. The fourth-order valence-corrected chi connectivity index (χ4v) is 3.90. The van der Waals surface area contributed by atoms with Gasteiger partial charge in [-0.05, 0) is 24.8 Å². The van der Waals surface area contributed by atoms with E-state index < -0.39 is 5.97 Å². The molecule has 0 amide bonds. The molecule has 8 heteroatoms. The van der Waals surface area contributed by atoms with Gasteiger partial charge in [-0.25, -0.2) is 9.97 Å². The third-order valence-electron chi connectivity index (χ3n) is 2.14. The van der Waals surface area contributed by atoms with Gasteiger partial charge in [0.2, 0.25) is 0 Å². The van der Waals surface area contributed by atoms with Crippen molar-refractivity contribution in [2.45, 2.75) is 22.7 Å². The minimum Gasteiger partial charge on any atom is -0.481 e. The van der Waals surface area contributed by atoms with E-state index in [2.05, 4.69) is 9.97 Å². The number of aryl methyl sites for hydroxylation is 1. The van der Waals surface area contributed by atoms with Crippen LogP contribution in [0.5, 0.6) is 0 Å². The summed E-state index contributed by atoms with van der Waals surface area (Å²) in [5.74, 6) is -0.869. The van der Waals surface area contributed by atoms with Gasteiger partial charge < -0.3 is 5.11 Å². The predicted molar refractivity (Wildman–Crippen MR) is 76.6 cm³/mol. The normalized spacial score (nSPS) is 10.7. The molecule has 0 aliphatic carbocycles. The van der Waals surface area contributed by atoms with Gasteiger partial charge in [0.25, 0.3) is 0 Å². The molecule has 4 nitrogen and oxygen atoms in total. The SMILES string of the molecule is Cc1nc(Sc2ncc(Cl)cc2Cl)sc1CC(=O)O. The third kappa shape index (κ3) is 3.82. The Balaban J connectivity index is 2.21. The van der Waals surface area contributed by atoms with E-state index in [0.717, 1.165) is 10.6 Å². The van der Waals surface area contributed by atoms with Crippen LogP contribution in [0.3, 0.4) is 0 Å². The summed E-state index contributed by atoms with van der Waals surface area (Å²) in [7, 11) is 0. The number of hydrogen-bond acceptors (Lipinski definition) is 5. The minimum absolute atomic E-state index is 0.0220. The lowest BCUT2D eigenvalue weighted by molar-refractivity contribution is -0.136. The number of nitrogens with zero attached hydrogens (tertiary/aromatic N) is 2. The Morgan fingerprint density at radius 2 is 2.26 bits per heavy atom. The van der Waals surface area contributed by atoms with Gasteiger partial charge in [0, 0.05) is 11.1 Å². The molecule has 19 heavy (non-hydrogen) atoms. The van der Waals surface area contributed by atoms with E-state index in [1.807, 2.05) is 0 Å². The van der Waals surface area contributed by atoms with Crippen LogP contribution in [0.1, 0.15) is 10.6 Å². The minimum atomic E-state index is -0.869. The molecule has 0 spiro atoms. The second kappa shape index (κ2) is 6.09. The molecule has 0 bridgehead atoms. The van der Waals surface area contributed by atoms with E-state index >= 15 is 0 Å². The molecule has 2 heterocycles. The summed E-state index contributed by atoms with van der Waals surface area (Å²) in [5.41, 5.74) is 0.722. The van der Waals surface area contributed by atoms with Crippen molar-refractivity contribution in [1.82, 2.24) is 9.97 Å². The van der Waals surface area contributed by atoms with Crippen LogP contribution in [0, 0.1) is 6.92 Å². The van der Waals surface area contributed by atoms with E-state index in [1.54, 1.807) is 13.0 Å². The maximum atomic E-state index is 10.7. The lowest BCUT2D eigenvalue weighted by atomic mass is 10.3. The van der Waals surface area contributed by atoms with E-state index in [1.165, 1.54) is 29.3 Å². The zero-order chi connectivity index (χ0) is 14.0. The summed E-state index contributed by atoms with van der Waals surface area (Å²) in [6, 6.07) is 1.61. The van der Waals surface area contributed by atoms with Crippen LogP contribution in [0.25, 0.3) is 0 Å². The molecule has 0 aliphatic rings. The van der Waals surface area contributed by atoms with E-state index in [0.29, 0.717) is 19.4 Å². The Kier molecular flexibility index (Phi) is 4.67. The third-order valence-corrected chi connectivity index (χ3v) is 4.99. The Morgan fingerprint density at radius 3 is 2.89 bits per heavy atom. The number of rotatable bonds is 4. The second-order valence-corrected chi connectivity index (χ2v) is 6.76. The summed E-state index contributed by atoms with van der Waals surface area (Å²) in [6.07, 6.45) is 1.49. The molecule has 0 saturated carbocycles. The van der Waals surface area contributed by atoms with Crippen molar-refractivity contribution in [2.24, 2.45) is 0 Å². The van der Waals surface area contributed by atoms with Crippen molar-refractivity contribution in [2.75, 3.05) is 0 Å². The van der Waals surface area contributed by atoms with Gasteiger partial charge >= 0.3 is 5.97 Å². The van der Waals surface area contributed by atoms with Gasteiger partial charge in [0.15, 0.2) is 4.34 Å². The highest BCUT2D eigenvalue weighted by Crippen LogP contribution is 2.36. The number of hydrogen-bond donors (Lipinski definition) is 1. The van der Waals surface area contributed by atoms with Gasteiger partial charge in [-0.2, -0.15) is 0 Å². The average Bonchev–Trinajstić information content (AvgIpc) is 2.62. The lowest BCUT2D eigenvalue weighted by Crippen LogP contribution is -1.99. The van der Waals surface area contributed by atoms with Gasteiger partial charge in [0.1, 0.15) is 5.03 Å². The predicted octanol–water partition coefficient (Wildman–Crippen LogP) is 3.93. The first-order valence-electron chi connectivity index (χ1n) is 5.12. The van der Waals surface area contributed by atoms with Crippen molar-refractivity contribution < 1.29 is 9.90 Å². The maximum absolute atomic E-state index is 10.7. The fourth-order valence-electron chi connectivity index (χ4n) is 1.31. The molecule has 0 unspecified atom stereocenters. The number of aromatic nitrogens is 2. The van der Waals surface area contributed by atoms with Crippen molar-refractivity contribution in [3.63, 3.8) is 0 Å². The molecule has 0 aliphatic heterocycles. The molecule has 0 fully saturated rings. The zero-order valence-corrected chi connectivity index (χ0v) is 12.8. The van der Waals surface area contributed by atoms with E-state index in [9.17, 15) is 4.79 Å². The van der Waals surface area contributed by atoms with Gasteiger partial charge in [-0.15, -0.1) is 11.3 Å². The van der Waals surface area contributed by atoms with Crippen molar-refractivity contribution >= 4 is 52.3 Å². The molecule has 2 aromatic rings. The summed E-state index contributed by atoms with van der Waals surface area (Å²) >= 11 is 14.4. The monoisotopic (exact) mass is 334 g/mol. The summed E-state index contributed by atoms with van der Waals surface area (Å²) in [4.78, 5) is 19.9. The highest BCUT2D eigenvalue weighted by atomic mass is 35.5. The molecule has 2 aromatic heterocycles. The number of carboxylic acid groups (broad SMARTS) is 1. The smallest absolute Gasteiger partial charge is 0.308 e. The van der Waals surface area contributed by atoms with Crippen LogP contribution in [0.15, 0.2) is 21.6 Å². The quantitative estimate of drug-likeness (QED) is 0.917. The van der Waals surface area contributed by atoms with Crippen LogP contribution in [0.4, 0.5) is 0 Å². The zero-order valence-electron chi connectivity index (χ0n) is 9.68. The highest BCUT2D eigenvalue weighted by Gasteiger charge is 2.13. The topological polar surface area (TPSA) is 63.1 Å². The Bertz CT molecular complexity index is 631. The van der Waals surface area contributed by atoms with E-state index in [4.69, 9.17) is 28.3 Å². The van der Waals surface area contributed by atoms with Crippen LogP contribution in [-0.2, 0) is 11.2 Å². The molecular weight excluding hydrogens is 327 g/mol. The van der Waals surface area contributed by atoms with Crippen molar-refractivity contribution in [1.29, 1.82) is 0 Å². The number of thiazole rings is 1. The van der Waals surface area contributed by atoms with Crippen LogP contribution < -0.4 is 0 Å². The second-order valence-electron chi connectivity index (χ2n) is 3.60. The van der Waals surface area contributed by atoms with Crippen LogP contribution in [0.2, 0.25) is 10.0 Å². The standard InChI is InChI=1S/C11H8Cl2N2O2S2/c1-5-8(3-9(16)17)18-11(15-5)19-10-7(13)2-6(12)4-14-10/h2,4H,3H2,1H3,(H,16,17). The van der Waals surface area contributed by atoms with Gasteiger partial charge in [0.05, 0.1) is 22.2 Å². The first-order chi connectivity index (χ1) is 8.95. The summed E-state index contributed by atoms with van der Waals surface area (Å²) < 4.78 is 0.713. The molecule has 0 radical (unpaired) electrons. The first-order valence-corrected chi connectivity index (χ1v) is 7.51. The molecule has 1 N–H and O–H groups in total. The van der Waals surface area contributed by atoms with Crippen LogP contribution >= 0.6 is 46.3 Å². The summed E-state index contributed by atoms with van der Waals surface area (Å²) in [6.45, 7) is 1.79. The van der Waals surface area contributed by atoms with Crippen molar-refractivity contribution in [3.8, 4) is 0 Å². The van der Waals surface area contributed by atoms with Gasteiger partial charge in [-0.1, -0.05) is 23.2 Å². The molecule has 2 rings (SSSR count). The Labute approximate surface area is 127 Å². The molecule has 0 saturated heterocycles. The molecule has 0 aromatic carbocycles. The largest absolute Gasteiger partial charge is 0.481 e. The molecule has 100 valence electrons.